The van der Waals surface area contributed by atoms with Crippen molar-refractivity contribution < 1.29 is 24.2 Å². The Balaban J connectivity index is 1.91. The van der Waals surface area contributed by atoms with E-state index in [1.54, 1.807) is 24.3 Å². The lowest BCUT2D eigenvalue weighted by Crippen LogP contribution is -2.21. The van der Waals surface area contributed by atoms with Gasteiger partial charge in [0, 0.05) is 0 Å². The Morgan fingerprint density at radius 1 is 0.611 bits per heavy atom. The molecule has 0 unspecified atom stereocenters. The smallest absolute Gasteiger partial charge is 0.344 e. The molecule has 3 N–H and O–H groups in total. The Kier molecular flexibility index (Phi) is 5.36. The van der Waals surface area contributed by atoms with Gasteiger partial charge in [-0.1, -0.05) is 12.1 Å². The summed E-state index contributed by atoms with van der Waals surface area (Å²) in [5, 5.41) is 33.1. The zero-order chi connectivity index (χ0) is 25.9. The molecule has 2 aromatic heterocycles. The van der Waals surface area contributed by atoms with Gasteiger partial charge in [-0.25, -0.2) is 9.59 Å². The molecule has 7 nitrogen and oxygen atoms in total. The molecule has 0 amide bonds. The molecule has 5 rings (SSSR count). The van der Waals surface area contributed by atoms with E-state index in [0.717, 1.165) is 22.3 Å². The highest BCUT2D eigenvalue weighted by molar-refractivity contribution is 5.88. The molecule has 7 heteroatoms. The molecule has 5 aromatic rings. The number of benzene rings is 3. The van der Waals surface area contributed by atoms with Gasteiger partial charge in [0.2, 0.25) is 0 Å². The third-order valence-electron chi connectivity index (χ3n) is 6.86. The van der Waals surface area contributed by atoms with Crippen molar-refractivity contribution in [2.24, 2.45) is 0 Å². The SMILES string of the molecule is Cc1cc2oc(=O)c(C(c3ccc(O)cc3)c3c(O)c4cc(C)c(C)cc4oc3=O)c(O)c2cc1C. The summed E-state index contributed by atoms with van der Waals surface area (Å²) in [5.41, 5.74) is 2.12. The van der Waals surface area contributed by atoms with Crippen molar-refractivity contribution in [2.75, 3.05) is 0 Å². The summed E-state index contributed by atoms with van der Waals surface area (Å²) in [7, 11) is 0. The maximum absolute atomic E-state index is 13.3. The van der Waals surface area contributed by atoms with E-state index in [2.05, 4.69) is 0 Å². The van der Waals surface area contributed by atoms with Gasteiger partial charge >= 0.3 is 11.3 Å². The fourth-order valence-electron chi connectivity index (χ4n) is 4.57. The molecule has 0 atom stereocenters. The summed E-state index contributed by atoms with van der Waals surface area (Å²) in [6, 6.07) is 12.5. The second kappa shape index (κ2) is 8.30. The van der Waals surface area contributed by atoms with Gasteiger partial charge < -0.3 is 24.2 Å². The monoisotopic (exact) mass is 484 g/mol. The van der Waals surface area contributed by atoms with Crippen molar-refractivity contribution in [2.45, 2.75) is 33.6 Å². The van der Waals surface area contributed by atoms with Crippen LogP contribution in [0.25, 0.3) is 21.9 Å². The second-order valence-electron chi connectivity index (χ2n) is 9.19. The normalized spacial score (nSPS) is 11.6. The third-order valence-corrected chi connectivity index (χ3v) is 6.86. The average molecular weight is 485 g/mol. The van der Waals surface area contributed by atoms with Crippen LogP contribution in [0.2, 0.25) is 0 Å². The van der Waals surface area contributed by atoms with Crippen molar-refractivity contribution in [3.8, 4) is 17.2 Å². The molecule has 0 bridgehead atoms. The van der Waals surface area contributed by atoms with Crippen molar-refractivity contribution >= 4 is 21.9 Å². The van der Waals surface area contributed by atoms with Gasteiger partial charge in [-0.05, 0) is 91.9 Å². The summed E-state index contributed by atoms with van der Waals surface area (Å²) in [6.45, 7) is 7.46. The summed E-state index contributed by atoms with van der Waals surface area (Å²) in [6.07, 6.45) is 0. The van der Waals surface area contributed by atoms with Crippen LogP contribution in [0.15, 0.2) is 67.0 Å². The molecule has 0 aliphatic heterocycles. The third kappa shape index (κ3) is 3.60. The van der Waals surface area contributed by atoms with Crippen molar-refractivity contribution in [1.29, 1.82) is 0 Å². The van der Waals surface area contributed by atoms with E-state index in [-0.39, 0.29) is 39.5 Å². The standard InChI is InChI=1S/C29H24O7/c1-13-9-19-21(11-15(13)3)35-28(33)24(26(19)31)23(17-5-7-18(30)8-6-17)25-27(32)20-10-14(2)16(4)12-22(20)36-29(25)34/h5-12,23,30-32H,1-4H3. The van der Waals surface area contributed by atoms with Crippen molar-refractivity contribution in [3.05, 3.63) is 108 Å². The van der Waals surface area contributed by atoms with Crippen LogP contribution in [-0.4, -0.2) is 15.3 Å². The molecule has 0 aliphatic rings. The van der Waals surface area contributed by atoms with Crippen molar-refractivity contribution in [1.82, 2.24) is 0 Å². The summed E-state index contributed by atoms with van der Waals surface area (Å²) in [5.74, 6) is -1.99. The Bertz CT molecular complexity index is 1680. The van der Waals surface area contributed by atoms with Gasteiger partial charge in [0.05, 0.1) is 27.8 Å². The van der Waals surface area contributed by atoms with E-state index in [0.29, 0.717) is 16.3 Å². The first-order valence-corrected chi connectivity index (χ1v) is 11.4. The highest BCUT2D eigenvalue weighted by Gasteiger charge is 2.32. The first-order chi connectivity index (χ1) is 17.1. The van der Waals surface area contributed by atoms with Crippen LogP contribution in [0.4, 0.5) is 0 Å². The summed E-state index contributed by atoms with van der Waals surface area (Å²) in [4.78, 5) is 26.6. The number of fused-ring (bicyclic) bond motifs is 2. The number of hydrogen-bond donors (Lipinski definition) is 3. The highest BCUT2D eigenvalue weighted by atomic mass is 16.4. The van der Waals surface area contributed by atoms with Crippen LogP contribution < -0.4 is 11.3 Å². The minimum atomic E-state index is -1.24. The van der Waals surface area contributed by atoms with Gasteiger partial charge in [0.25, 0.3) is 0 Å². The van der Waals surface area contributed by atoms with E-state index in [9.17, 15) is 24.9 Å². The first-order valence-electron chi connectivity index (χ1n) is 11.4. The van der Waals surface area contributed by atoms with Gasteiger partial charge in [-0.15, -0.1) is 0 Å². The van der Waals surface area contributed by atoms with Crippen LogP contribution in [0.5, 0.6) is 17.2 Å². The maximum Gasteiger partial charge on any atom is 0.344 e. The van der Waals surface area contributed by atoms with Gasteiger partial charge in [0.1, 0.15) is 28.4 Å². The number of aromatic hydroxyl groups is 3. The lowest BCUT2D eigenvalue weighted by molar-refractivity contribution is 0.441. The molecule has 0 spiro atoms. The minimum Gasteiger partial charge on any atom is -0.508 e. The van der Waals surface area contributed by atoms with Crippen LogP contribution >= 0.6 is 0 Å². The lowest BCUT2D eigenvalue weighted by Gasteiger charge is -2.20. The molecule has 0 aliphatic carbocycles. The number of phenolic OH excluding ortho intramolecular Hbond substituents is 1. The fraction of sp³-hybridized carbons (Fsp3) is 0.172. The quantitative estimate of drug-likeness (QED) is 0.292. The second-order valence-corrected chi connectivity index (χ2v) is 9.19. The van der Waals surface area contributed by atoms with Gasteiger partial charge in [-0.3, -0.25) is 0 Å². The molecular formula is C29H24O7. The Morgan fingerprint density at radius 3 is 1.42 bits per heavy atom. The molecular weight excluding hydrogens is 460 g/mol. The van der Waals surface area contributed by atoms with E-state index in [1.807, 2.05) is 27.7 Å². The first kappa shape index (κ1) is 23.2. The lowest BCUT2D eigenvalue weighted by atomic mass is 9.84. The molecule has 2 heterocycles. The van der Waals surface area contributed by atoms with Crippen LogP contribution in [0.3, 0.4) is 0 Å². The van der Waals surface area contributed by atoms with Crippen LogP contribution in [-0.2, 0) is 0 Å². The van der Waals surface area contributed by atoms with Crippen LogP contribution in [0, 0.1) is 27.7 Å². The highest BCUT2D eigenvalue weighted by Crippen LogP contribution is 2.42. The molecule has 0 fully saturated rings. The average Bonchev–Trinajstić information content (AvgIpc) is 2.82. The summed E-state index contributed by atoms with van der Waals surface area (Å²) < 4.78 is 11.2. The Morgan fingerprint density at radius 2 is 1.00 bits per heavy atom. The molecule has 0 saturated heterocycles. The number of rotatable bonds is 3. The predicted molar refractivity (Wildman–Crippen MR) is 136 cm³/mol. The molecule has 3 aromatic carbocycles. The molecule has 182 valence electrons. The van der Waals surface area contributed by atoms with Gasteiger partial charge in [-0.2, -0.15) is 0 Å². The number of phenols is 1. The van der Waals surface area contributed by atoms with E-state index in [4.69, 9.17) is 8.83 Å². The largest absolute Gasteiger partial charge is 0.508 e. The summed E-state index contributed by atoms with van der Waals surface area (Å²) >= 11 is 0. The zero-order valence-electron chi connectivity index (χ0n) is 20.2. The maximum atomic E-state index is 13.3. The van der Waals surface area contributed by atoms with Gasteiger partial charge in [0.15, 0.2) is 0 Å². The van der Waals surface area contributed by atoms with Crippen LogP contribution in [0.1, 0.15) is 44.9 Å². The van der Waals surface area contributed by atoms with E-state index in [1.165, 1.54) is 24.3 Å². The Hall–Kier alpha value is -4.52. The molecule has 0 radical (unpaired) electrons. The minimum absolute atomic E-state index is 0.0285. The number of aryl methyl sites for hydroxylation is 4. The fourth-order valence-corrected chi connectivity index (χ4v) is 4.57. The van der Waals surface area contributed by atoms with Crippen molar-refractivity contribution in [3.63, 3.8) is 0 Å². The number of hydrogen-bond acceptors (Lipinski definition) is 7. The molecule has 0 saturated carbocycles. The zero-order valence-corrected chi connectivity index (χ0v) is 20.2. The topological polar surface area (TPSA) is 121 Å². The predicted octanol–water partition coefficient (Wildman–Crippen LogP) is 5.43. The van der Waals surface area contributed by atoms with E-state index < -0.39 is 17.2 Å². The molecule has 36 heavy (non-hydrogen) atoms. The van der Waals surface area contributed by atoms with E-state index >= 15 is 0 Å². The Labute approximate surface area is 205 Å².